The Bertz CT molecular complexity index is 1630. The number of nitrogens with one attached hydrogen (secondary N) is 1. The average Bonchev–Trinajstić information content (AvgIpc) is 3.16. The molecule has 3 N–H and O–H groups in total. The van der Waals surface area contributed by atoms with Gasteiger partial charge in [0.15, 0.2) is 0 Å². The minimum atomic E-state index is -4.41. The molecule has 0 spiro atoms. The number of nitrogens with zero attached hydrogens (tertiary/aromatic N) is 6. The molecule has 0 aliphatic carbocycles. The normalized spacial score (nSPS) is 11.7. The highest BCUT2D eigenvalue weighted by Gasteiger charge is 2.20. The van der Waals surface area contributed by atoms with Crippen molar-refractivity contribution >= 4 is 55.0 Å². The number of hydrogen-bond acceptors (Lipinski definition) is 10. The van der Waals surface area contributed by atoms with Gasteiger partial charge in [-0.05, 0) is 42.8 Å². The first-order valence-corrected chi connectivity index (χ1v) is 11.3. The van der Waals surface area contributed by atoms with E-state index in [-0.39, 0.29) is 10.8 Å². The standard InChI is InChI=1S/C19H12N7O5S2/c1-9-2-7-12-14(15(9)33(29,30)31)32-18(22-12)10-3-5-11(6-4-10)25-26-13-16(27)23-19(21-8-20)24-17(13)28/h2-7H,1H3,(H,29,30,31)(H2,23,24,27,28)/q-1. The molecule has 0 atom stereocenters. The van der Waals surface area contributed by atoms with Gasteiger partial charge >= 0.3 is 0 Å². The number of aryl methyl sites for hydroxylation is 1. The molecule has 0 fully saturated rings. The molecule has 4 aromatic rings. The highest BCUT2D eigenvalue weighted by Crippen LogP contribution is 2.36. The van der Waals surface area contributed by atoms with Crippen LogP contribution in [-0.2, 0) is 10.1 Å². The van der Waals surface area contributed by atoms with Crippen LogP contribution in [0.5, 0.6) is 5.88 Å². The molecule has 2 aromatic carbocycles. The van der Waals surface area contributed by atoms with Gasteiger partial charge in [0, 0.05) is 5.56 Å². The number of aromatic amines is 1. The van der Waals surface area contributed by atoms with Crippen molar-refractivity contribution in [2.75, 3.05) is 0 Å². The number of azo groups is 1. The third-order valence-electron chi connectivity index (χ3n) is 4.37. The third-order valence-corrected chi connectivity index (χ3v) is 6.68. The van der Waals surface area contributed by atoms with Crippen molar-refractivity contribution in [2.45, 2.75) is 11.8 Å². The van der Waals surface area contributed by atoms with Crippen LogP contribution in [-0.4, -0.2) is 39.0 Å². The molecule has 0 aliphatic rings. The zero-order valence-corrected chi connectivity index (χ0v) is 18.2. The number of thiazole rings is 1. The smallest absolute Gasteiger partial charge is 0.296 e. The SMILES string of the molecule is Cc1ccc2nc(-c3ccc(N=Nc4c(O)nc(N=C=[N-])[nH]c4=O)cc3)sc2c1S(=O)(=O)O. The predicted molar refractivity (Wildman–Crippen MR) is 121 cm³/mol. The predicted octanol–water partition coefficient (Wildman–Crippen LogP) is 4.10. The minimum absolute atomic E-state index is 0.165. The lowest BCUT2D eigenvalue weighted by Crippen LogP contribution is -2.05. The molecule has 0 saturated heterocycles. The summed E-state index contributed by atoms with van der Waals surface area (Å²) in [5.74, 6) is -1.08. The lowest BCUT2D eigenvalue weighted by atomic mass is 10.2. The number of rotatable bonds is 5. The van der Waals surface area contributed by atoms with E-state index in [1.807, 2.05) is 0 Å². The number of aromatic nitrogens is 3. The summed E-state index contributed by atoms with van der Waals surface area (Å²) in [7, 11) is -4.41. The van der Waals surface area contributed by atoms with Crippen LogP contribution in [0.2, 0.25) is 0 Å². The highest BCUT2D eigenvalue weighted by molar-refractivity contribution is 7.86. The van der Waals surface area contributed by atoms with E-state index in [9.17, 15) is 22.9 Å². The maximum atomic E-state index is 12.0. The van der Waals surface area contributed by atoms with Gasteiger partial charge in [-0.15, -0.1) is 22.5 Å². The molecule has 0 aliphatic heterocycles. The highest BCUT2D eigenvalue weighted by atomic mass is 32.2. The minimum Gasteiger partial charge on any atom is -0.492 e. The zero-order valence-electron chi connectivity index (χ0n) is 16.6. The summed E-state index contributed by atoms with van der Waals surface area (Å²) >= 11 is 1.12. The average molecular weight is 482 g/mol. The summed E-state index contributed by atoms with van der Waals surface area (Å²) in [6.07, 6.45) is 0. The second kappa shape index (κ2) is 8.44. The first-order chi connectivity index (χ1) is 15.7. The molecule has 0 bridgehead atoms. The number of benzene rings is 2. The van der Waals surface area contributed by atoms with Gasteiger partial charge in [-0.3, -0.25) is 9.35 Å². The van der Waals surface area contributed by atoms with Crippen LogP contribution in [0.3, 0.4) is 0 Å². The lowest BCUT2D eigenvalue weighted by molar-refractivity contribution is 0.453. The van der Waals surface area contributed by atoms with Gasteiger partial charge < -0.3 is 20.5 Å². The van der Waals surface area contributed by atoms with E-state index < -0.39 is 27.2 Å². The Hall–Kier alpha value is -4.10. The lowest BCUT2D eigenvalue weighted by Gasteiger charge is -2.02. The number of hydrogen-bond donors (Lipinski definition) is 3. The van der Waals surface area contributed by atoms with Crippen LogP contribution in [0, 0.1) is 6.92 Å². The molecular weight excluding hydrogens is 470 g/mol. The fraction of sp³-hybridized carbons (Fsp3) is 0.0526. The summed E-state index contributed by atoms with van der Waals surface area (Å²) < 4.78 is 33.5. The number of H-pyrrole nitrogens is 1. The molecule has 0 amide bonds. The molecule has 2 heterocycles. The Labute approximate surface area is 189 Å². The molecule has 2 aromatic heterocycles. The monoisotopic (exact) mass is 482 g/mol. The van der Waals surface area contributed by atoms with E-state index >= 15 is 0 Å². The van der Waals surface area contributed by atoms with Crippen LogP contribution in [0.25, 0.3) is 26.2 Å². The molecule has 0 saturated carbocycles. The van der Waals surface area contributed by atoms with Gasteiger partial charge in [0.05, 0.1) is 15.9 Å². The first-order valence-electron chi connectivity index (χ1n) is 9.00. The Morgan fingerprint density at radius 1 is 1.12 bits per heavy atom. The van der Waals surface area contributed by atoms with Crippen molar-refractivity contribution in [3.05, 3.63) is 57.7 Å². The Morgan fingerprint density at radius 2 is 1.85 bits per heavy atom. The largest absolute Gasteiger partial charge is 0.492 e. The van der Waals surface area contributed by atoms with E-state index in [0.29, 0.717) is 32.0 Å². The molecule has 0 unspecified atom stereocenters. The Balaban J connectivity index is 1.65. The third kappa shape index (κ3) is 4.44. The van der Waals surface area contributed by atoms with Gasteiger partial charge in [0.25, 0.3) is 15.7 Å². The molecular formula is C19H12N7O5S2-. The fourth-order valence-electron chi connectivity index (χ4n) is 2.92. The van der Waals surface area contributed by atoms with E-state index in [2.05, 4.69) is 30.2 Å². The second-order valence-electron chi connectivity index (χ2n) is 6.57. The van der Waals surface area contributed by atoms with Crippen LogP contribution in [0.1, 0.15) is 5.56 Å². The fourth-order valence-corrected chi connectivity index (χ4v) is 5.24. The van der Waals surface area contributed by atoms with E-state index in [1.165, 1.54) is 6.01 Å². The Kier molecular flexibility index (Phi) is 5.66. The number of fused-ring (bicyclic) bond motifs is 1. The first kappa shape index (κ1) is 22.1. The molecule has 166 valence electrons. The molecule has 14 heteroatoms. The summed E-state index contributed by atoms with van der Waals surface area (Å²) in [4.78, 5) is 25.2. The topological polar surface area (TPSA) is 193 Å². The number of aromatic hydroxyl groups is 1. The molecule has 0 radical (unpaired) electrons. The van der Waals surface area contributed by atoms with Crippen molar-refractivity contribution in [3.8, 4) is 16.5 Å². The summed E-state index contributed by atoms with van der Waals surface area (Å²) in [6.45, 7) is 1.59. The van der Waals surface area contributed by atoms with Crippen LogP contribution < -0.4 is 5.56 Å². The Morgan fingerprint density at radius 3 is 2.48 bits per heavy atom. The van der Waals surface area contributed by atoms with E-state index in [4.69, 9.17) is 5.41 Å². The van der Waals surface area contributed by atoms with Gasteiger partial charge in [-0.25, -0.2) is 4.98 Å². The molecule has 4 rings (SSSR count). The van der Waals surface area contributed by atoms with Crippen LogP contribution >= 0.6 is 11.3 Å². The van der Waals surface area contributed by atoms with Gasteiger partial charge in [0.1, 0.15) is 15.9 Å². The maximum Gasteiger partial charge on any atom is 0.296 e. The van der Waals surface area contributed by atoms with Crippen LogP contribution in [0.4, 0.5) is 17.3 Å². The van der Waals surface area contributed by atoms with Crippen molar-refractivity contribution in [3.63, 3.8) is 0 Å². The zero-order chi connectivity index (χ0) is 23.8. The second-order valence-corrected chi connectivity index (χ2v) is 8.93. The van der Waals surface area contributed by atoms with Crippen LogP contribution in [0.15, 0.2) is 61.3 Å². The molecule has 12 nitrogen and oxygen atoms in total. The quantitative estimate of drug-likeness (QED) is 0.216. The van der Waals surface area contributed by atoms with Crippen molar-refractivity contribution < 1.29 is 18.1 Å². The van der Waals surface area contributed by atoms with Gasteiger partial charge in [-0.1, -0.05) is 6.07 Å². The van der Waals surface area contributed by atoms with E-state index in [1.54, 1.807) is 43.3 Å². The van der Waals surface area contributed by atoms with Crippen molar-refractivity contribution in [1.82, 2.24) is 15.0 Å². The van der Waals surface area contributed by atoms with E-state index in [0.717, 1.165) is 11.3 Å². The number of aliphatic imine (C=N–C) groups is 1. The van der Waals surface area contributed by atoms with Crippen molar-refractivity contribution in [1.29, 1.82) is 0 Å². The van der Waals surface area contributed by atoms with Gasteiger partial charge in [0.2, 0.25) is 11.6 Å². The van der Waals surface area contributed by atoms with Crippen molar-refractivity contribution in [2.24, 2.45) is 15.2 Å². The summed E-state index contributed by atoms with van der Waals surface area (Å²) in [5.41, 5.74) is 0.591. The maximum absolute atomic E-state index is 12.0. The van der Waals surface area contributed by atoms with Gasteiger partial charge in [-0.2, -0.15) is 18.5 Å². The summed E-state index contributed by atoms with van der Waals surface area (Å²) in [5, 5.41) is 26.4. The molecule has 33 heavy (non-hydrogen) atoms. The summed E-state index contributed by atoms with van der Waals surface area (Å²) in [6, 6.07) is 11.2.